The van der Waals surface area contributed by atoms with E-state index in [1.54, 1.807) is 24.8 Å². The summed E-state index contributed by atoms with van der Waals surface area (Å²) in [5.41, 5.74) is 0. The van der Waals surface area contributed by atoms with Crippen molar-refractivity contribution in [3.05, 3.63) is 28.7 Å². The summed E-state index contributed by atoms with van der Waals surface area (Å²) in [6.07, 6.45) is 2.50. The number of hydrogen-bond acceptors (Lipinski definition) is 6. The molecular formula is C14H20N4OS. The minimum atomic E-state index is 0.270. The van der Waals surface area contributed by atoms with Gasteiger partial charge in [-0.1, -0.05) is 6.07 Å². The lowest BCUT2D eigenvalue weighted by molar-refractivity contribution is 0.414. The van der Waals surface area contributed by atoms with E-state index in [2.05, 4.69) is 45.0 Å². The number of nitrogens with zero attached hydrogens (tertiary/aromatic N) is 2. The van der Waals surface area contributed by atoms with Crippen LogP contribution in [0.25, 0.3) is 0 Å². The smallest absolute Gasteiger partial charge is 0.204 e. The standard InChI is InChI=1S/C14H20N4OS/c1-4-15-13-12(19-3)14(17-9-16-13)18-10(2)8-11-6-5-7-20-11/h5-7,9-10H,4,8H2,1-3H3,(H2,15,16,17,18). The molecule has 0 fully saturated rings. The molecule has 0 aliphatic rings. The van der Waals surface area contributed by atoms with Crippen molar-refractivity contribution in [3.8, 4) is 5.75 Å². The molecule has 2 N–H and O–H groups in total. The van der Waals surface area contributed by atoms with E-state index >= 15 is 0 Å². The van der Waals surface area contributed by atoms with Crippen molar-refractivity contribution in [2.45, 2.75) is 26.3 Å². The van der Waals surface area contributed by atoms with Gasteiger partial charge in [-0.2, -0.15) is 0 Å². The molecule has 108 valence electrons. The highest BCUT2D eigenvalue weighted by Crippen LogP contribution is 2.29. The number of nitrogens with one attached hydrogen (secondary N) is 2. The number of methoxy groups -OCH3 is 1. The molecule has 20 heavy (non-hydrogen) atoms. The van der Waals surface area contributed by atoms with Gasteiger partial charge in [0.2, 0.25) is 5.75 Å². The Kier molecular flexibility index (Phi) is 5.17. The maximum Gasteiger partial charge on any atom is 0.204 e. The van der Waals surface area contributed by atoms with Gasteiger partial charge in [0.1, 0.15) is 6.33 Å². The third kappa shape index (κ3) is 3.60. The molecule has 5 nitrogen and oxygen atoms in total. The van der Waals surface area contributed by atoms with E-state index in [9.17, 15) is 0 Å². The van der Waals surface area contributed by atoms with Gasteiger partial charge in [-0.3, -0.25) is 0 Å². The van der Waals surface area contributed by atoms with Crippen LogP contribution in [0.2, 0.25) is 0 Å². The molecule has 0 saturated carbocycles. The number of aromatic nitrogens is 2. The Labute approximate surface area is 123 Å². The molecule has 2 heterocycles. The van der Waals surface area contributed by atoms with E-state index in [-0.39, 0.29) is 6.04 Å². The summed E-state index contributed by atoms with van der Waals surface area (Å²) < 4.78 is 5.42. The van der Waals surface area contributed by atoms with Crippen LogP contribution >= 0.6 is 11.3 Å². The maximum atomic E-state index is 5.42. The fourth-order valence-corrected chi connectivity index (χ4v) is 2.81. The van der Waals surface area contributed by atoms with Gasteiger partial charge < -0.3 is 15.4 Å². The van der Waals surface area contributed by atoms with Gasteiger partial charge >= 0.3 is 0 Å². The molecule has 1 unspecified atom stereocenters. The van der Waals surface area contributed by atoms with Crippen LogP contribution in [0, 0.1) is 0 Å². The van der Waals surface area contributed by atoms with Gasteiger partial charge in [0.05, 0.1) is 7.11 Å². The lowest BCUT2D eigenvalue weighted by Gasteiger charge is -2.17. The Hall–Kier alpha value is -1.82. The van der Waals surface area contributed by atoms with Gasteiger partial charge in [0.15, 0.2) is 11.6 Å². The lowest BCUT2D eigenvalue weighted by Crippen LogP contribution is -2.19. The molecule has 1 atom stereocenters. The van der Waals surface area contributed by atoms with Crippen molar-refractivity contribution < 1.29 is 4.74 Å². The minimum Gasteiger partial charge on any atom is -0.490 e. The highest BCUT2D eigenvalue weighted by atomic mass is 32.1. The van der Waals surface area contributed by atoms with Crippen molar-refractivity contribution in [1.82, 2.24) is 9.97 Å². The van der Waals surface area contributed by atoms with Crippen molar-refractivity contribution >= 4 is 23.0 Å². The maximum absolute atomic E-state index is 5.42. The number of thiophene rings is 1. The Bertz CT molecular complexity index is 530. The number of rotatable bonds is 7. The summed E-state index contributed by atoms with van der Waals surface area (Å²) in [4.78, 5) is 9.83. The zero-order chi connectivity index (χ0) is 14.4. The molecular weight excluding hydrogens is 272 g/mol. The molecule has 0 aliphatic heterocycles. The molecule has 0 aliphatic carbocycles. The van der Waals surface area contributed by atoms with Crippen LogP contribution < -0.4 is 15.4 Å². The summed E-state index contributed by atoms with van der Waals surface area (Å²) >= 11 is 1.77. The van der Waals surface area contributed by atoms with Crippen LogP contribution in [0.4, 0.5) is 11.6 Å². The van der Waals surface area contributed by atoms with Crippen LogP contribution in [0.3, 0.4) is 0 Å². The summed E-state index contributed by atoms with van der Waals surface area (Å²) in [5.74, 6) is 2.10. The number of ether oxygens (including phenoxy) is 1. The zero-order valence-corrected chi connectivity index (χ0v) is 12.8. The normalized spacial score (nSPS) is 11.9. The van der Waals surface area contributed by atoms with Crippen LogP contribution in [0.5, 0.6) is 5.75 Å². The SMILES string of the molecule is CCNc1ncnc(NC(C)Cc2cccs2)c1OC. The molecule has 2 aromatic rings. The zero-order valence-electron chi connectivity index (χ0n) is 12.0. The van der Waals surface area contributed by atoms with Crippen molar-refractivity contribution in [2.24, 2.45) is 0 Å². The molecule has 0 bridgehead atoms. The van der Waals surface area contributed by atoms with Gasteiger partial charge in [0, 0.05) is 23.9 Å². The first kappa shape index (κ1) is 14.6. The Balaban J connectivity index is 2.09. The van der Waals surface area contributed by atoms with Crippen LogP contribution in [0.15, 0.2) is 23.8 Å². The monoisotopic (exact) mass is 292 g/mol. The van der Waals surface area contributed by atoms with Gasteiger partial charge in [-0.25, -0.2) is 9.97 Å². The van der Waals surface area contributed by atoms with E-state index in [0.717, 1.165) is 24.6 Å². The Morgan fingerprint density at radius 1 is 1.35 bits per heavy atom. The topological polar surface area (TPSA) is 59.1 Å². The third-order valence-electron chi connectivity index (χ3n) is 2.82. The molecule has 2 rings (SSSR count). The second kappa shape index (κ2) is 7.09. The fraction of sp³-hybridized carbons (Fsp3) is 0.429. The summed E-state index contributed by atoms with van der Waals surface area (Å²) in [6.45, 7) is 4.94. The Morgan fingerprint density at radius 2 is 2.15 bits per heavy atom. The molecule has 0 spiro atoms. The summed E-state index contributed by atoms with van der Waals surface area (Å²) in [7, 11) is 1.63. The highest BCUT2D eigenvalue weighted by molar-refractivity contribution is 7.09. The van der Waals surface area contributed by atoms with E-state index in [0.29, 0.717) is 5.75 Å². The van der Waals surface area contributed by atoms with Crippen molar-refractivity contribution in [1.29, 1.82) is 0 Å². The van der Waals surface area contributed by atoms with Gasteiger partial charge in [-0.05, 0) is 25.3 Å². The second-order valence-electron chi connectivity index (χ2n) is 4.46. The van der Waals surface area contributed by atoms with Crippen LogP contribution in [-0.4, -0.2) is 29.7 Å². The van der Waals surface area contributed by atoms with E-state index in [1.807, 2.05) is 6.92 Å². The summed E-state index contributed by atoms with van der Waals surface area (Å²) in [6, 6.07) is 4.48. The first-order valence-corrected chi connectivity index (χ1v) is 7.54. The second-order valence-corrected chi connectivity index (χ2v) is 5.50. The van der Waals surface area contributed by atoms with Crippen LogP contribution in [0.1, 0.15) is 18.7 Å². The molecule has 0 saturated heterocycles. The predicted octanol–water partition coefficient (Wildman–Crippen LogP) is 3.02. The van der Waals surface area contributed by atoms with E-state index in [4.69, 9.17) is 4.74 Å². The first-order valence-electron chi connectivity index (χ1n) is 6.66. The quantitative estimate of drug-likeness (QED) is 0.821. The predicted molar refractivity (Wildman–Crippen MR) is 83.9 cm³/mol. The van der Waals surface area contributed by atoms with Gasteiger partial charge in [-0.15, -0.1) is 11.3 Å². The average molecular weight is 292 g/mol. The molecule has 2 aromatic heterocycles. The fourth-order valence-electron chi connectivity index (χ4n) is 1.98. The van der Waals surface area contributed by atoms with E-state index < -0.39 is 0 Å². The Morgan fingerprint density at radius 3 is 2.80 bits per heavy atom. The highest BCUT2D eigenvalue weighted by Gasteiger charge is 2.14. The summed E-state index contributed by atoms with van der Waals surface area (Å²) in [5, 5.41) is 8.66. The number of anilines is 2. The van der Waals surface area contributed by atoms with Crippen LogP contribution in [-0.2, 0) is 6.42 Å². The van der Waals surface area contributed by atoms with E-state index in [1.165, 1.54) is 4.88 Å². The molecule has 0 radical (unpaired) electrons. The largest absolute Gasteiger partial charge is 0.490 e. The average Bonchev–Trinajstić information content (AvgIpc) is 2.92. The molecule has 0 aromatic carbocycles. The molecule has 0 amide bonds. The minimum absolute atomic E-state index is 0.270. The van der Waals surface area contributed by atoms with Crippen molar-refractivity contribution in [2.75, 3.05) is 24.3 Å². The first-order chi connectivity index (χ1) is 9.74. The number of hydrogen-bond donors (Lipinski definition) is 2. The lowest BCUT2D eigenvalue weighted by atomic mass is 10.2. The van der Waals surface area contributed by atoms with Crippen molar-refractivity contribution in [3.63, 3.8) is 0 Å². The van der Waals surface area contributed by atoms with Gasteiger partial charge in [0.25, 0.3) is 0 Å². The molecule has 6 heteroatoms. The third-order valence-corrected chi connectivity index (χ3v) is 3.72.